The van der Waals surface area contributed by atoms with E-state index in [-0.39, 0.29) is 12.1 Å². The summed E-state index contributed by atoms with van der Waals surface area (Å²) in [5, 5.41) is 8.11. The van der Waals surface area contributed by atoms with Gasteiger partial charge in [0.15, 0.2) is 0 Å². The number of rotatable bonds is 3. The molecule has 5 heteroatoms. The molecular formula is C12H20O5. The highest BCUT2D eigenvalue weighted by molar-refractivity contribution is 5.85. The van der Waals surface area contributed by atoms with Crippen molar-refractivity contribution in [1.29, 1.82) is 0 Å². The fraction of sp³-hybridized carbons (Fsp3) is 0.667. The summed E-state index contributed by atoms with van der Waals surface area (Å²) in [7, 11) is 0. The zero-order valence-corrected chi connectivity index (χ0v) is 10.6. The van der Waals surface area contributed by atoms with E-state index < -0.39 is 5.97 Å². The largest absolute Gasteiger partial charge is 0.478 e. The van der Waals surface area contributed by atoms with Crippen LogP contribution in [0.15, 0.2) is 11.6 Å². The van der Waals surface area contributed by atoms with Crippen molar-refractivity contribution in [2.24, 2.45) is 0 Å². The Bertz CT molecular complexity index is 277. The summed E-state index contributed by atoms with van der Waals surface area (Å²) in [6.07, 6.45) is 3.82. The second-order valence-electron chi connectivity index (χ2n) is 3.71. The quantitative estimate of drug-likeness (QED) is 0.605. The molecular weight excluding hydrogens is 224 g/mol. The molecule has 98 valence electrons. The van der Waals surface area contributed by atoms with Crippen molar-refractivity contribution in [3.05, 3.63) is 11.6 Å². The van der Waals surface area contributed by atoms with Crippen LogP contribution in [0.5, 0.6) is 0 Å². The van der Waals surface area contributed by atoms with E-state index in [9.17, 15) is 9.59 Å². The van der Waals surface area contributed by atoms with E-state index in [2.05, 4.69) is 0 Å². The van der Waals surface area contributed by atoms with Crippen LogP contribution in [0.25, 0.3) is 0 Å². The van der Waals surface area contributed by atoms with Crippen molar-refractivity contribution in [2.45, 2.75) is 39.7 Å². The zero-order chi connectivity index (χ0) is 13.3. The van der Waals surface area contributed by atoms with Gasteiger partial charge in [-0.15, -0.1) is 0 Å². The van der Waals surface area contributed by atoms with Gasteiger partial charge >= 0.3 is 11.9 Å². The molecule has 0 aromatic rings. The number of carbonyl (C=O) groups excluding carboxylic acids is 1. The van der Waals surface area contributed by atoms with Crippen LogP contribution in [0, 0.1) is 0 Å². The van der Waals surface area contributed by atoms with Crippen LogP contribution in [0.1, 0.15) is 33.6 Å². The first kappa shape index (κ1) is 15.6. The second kappa shape index (κ2) is 8.75. The third-order valence-electron chi connectivity index (χ3n) is 2.27. The number of aliphatic carboxylic acids is 1. The number of carboxylic acid groups (broad SMARTS) is 1. The van der Waals surface area contributed by atoms with E-state index in [1.165, 1.54) is 6.92 Å². The summed E-state index contributed by atoms with van der Waals surface area (Å²) in [5.74, 6) is -1.07. The molecule has 1 saturated heterocycles. The molecule has 0 aromatic heterocycles. The molecule has 0 bridgehead atoms. The Hall–Kier alpha value is -1.36. The maximum Gasteiger partial charge on any atom is 0.330 e. The molecule has 0 radical (unpaired) electrons. The lowest BCUT2D eigenvalue weighted by atomic mass is 10.2. The van der Waals surface area contributed by atoms with Crippen LogP contribution in [-0.4, -0.2) is 36.4 Å². The highest BCUT2D eigenvalue weighted by atomic mass is 16.6. The van der Waals surface area contributed by atoms with Gasteiger partial charge in [-0.25, -0.2) is 4.79 Å². The van der Waals surface area contributed by atoms with Crippen molar-refractivity contribution < 1.29 is 24.2 Å². The average molecular weight is 244 g/mol. The molecule has 0 spiro atoms. The Morgan fingerprint density at radius 1 is 1.47 bits per heavy atom. The summed E-state index contributed by atoms with van der Waals surface area (Å²) in [6, 6.07) is 0. The zero-order valence-electron chi connectivity index (χ0n) is 10.6. The lowest BCUT2D eigenvalue weighted by molar-refractivity contribution is -0.144. The van der Waals surface area contributed by atoms with E-state index in [0.29, 0.717) is 12.2 Å². The van der Waals surface area contributed by atoms with Gasteiger partial charge in [0, 0.05) is 19.1 Å². The maximum atomic E-state index is 10.3. The van der Waals surface area contributed by atoms with E-state index in [0.717, 1.165) is 19.4 Å². The van der Waals surface area contributed by atoms with E-state index >= 15 is 0 Å². The molecule has 17 heavy (non-hydrogen) atoms. The van der Waals surface area contributed by atoms with Crippen molar-refractivity contribution in [3.8, 4) is 0 Å². The molecule has 1 fully saturated rings. The van der Waals surface area contributed by atoms with Gasteiger partial charge in [-0.3, -0.25) is 4.79 Å². The van der Waals surface area contributed by atoms with Crippen molar-refractivity contribution in [1.82, 2.24) is 0 Å². The minimum Gasteiger partial charge on any atom is -0.478 e. The highest BCUT2D eigenvalue weighted by Crippen LogP contribution is 2.11. The van der Waals surface area contributed by atoms with Gasteiger partial charge in [-0.05, 0) is 26.7 Å². The number of ether oxygens (including phenoxy) is 2. The minimum absolute atomic E-state index is 0.156. The first-order valence-corrected chi connectivity index (χ1v) is 5.58. The molecule has 1 N–H and O–H groups in total. The second-order valence-corrected chi connectivity index (χ2v) is 3.71. The Balaban J connectivity index is 0.000000325. The Labute approximate surface area is 101 Å². The summed E-state index contributed by atoms with van der Waals surface area (Å²) in [4.78, 5) is 20.2. The Kier molecular flexibility index (Phi) is 8.05. The summed E-state index contributed by atoms with van der Waals surface area (Å²) < 4.78 is 9.99. The van der Waals surface area contributed by atoms with Gasteiger partial charge in [-0.2, -0.15) is 0 Å². The van der Waals surface area contributed by atoms with Gasteiger partial charge in [0.25, 0.3) is 0 Å². The molecule has 0 aromatic carbocycles. The third-order valence-corrected chi connectivity index (χ3v) is 2.27. The number of carbonyl (C=O) groups is 2. The van der Waals surface area contributed by atoms with Gasteiger partial charge in [-0.1, -0.05) is 6.08 Å². The average Bonchev–Trinajstić information content (AvgIpc) is 2.78. The van der Waals surface area contributed by atoms with Crippen LogP contribution < -0.4 is 0 Å². The molecule has 5 nitrogen and oxygen atoms in total. The third kappa shape index (κ3) is 8.45. The first-order chi connectivity index (χ1) is 7.97. The van der Waals surface area contributed by atoms with E-state index in [1.807, 2.05) is 0 Å². The molecule has 0 saturated carbocycles. The maximum absolute atomic E-state index is 10.3. The molecule has 1 aliphatic rings. The summed E-state index contributed by atoms with van der Waals surface area (Å²) in [6.45, 7) is 5.90. The molecule has 1 heterocycles. The van der Waals surface area contributed by atoms with E-state index in [1.54, 1.807) is 19.9 Å². The topological polar surface area (TPSA) is 72.8 Å². The first-order valence-electron chi connectivity index (χ1n) is 5.58. The lowest BCUT2D eigenvalue weighted by Gasteiger charge is -2.07. The minimum atomic E-state index is -0.845. The Morgan fingerprint density at radius 3 is 2.41 bits per heavy atom. The fourth-order valence-corrected chi connectivity index (χ4v) is 1.11. The summed E-state index contributed by atoms with van der Waals surface area (Å²) >= 11 is 0. The lowest BCUT2D eigenvalue weighted by Crippen LogP contribution is -2.15. The molecule has 0 amide bonds. The van der Waals surface area contributed by atoms with Crippen LogP contribution in [-0.2, 0) is 19.1 Å². The number of hydrogen-bond acceptors (Lipinski definition) is 4. The standard InChI is InChI=1S/C7H12O3.C5H8O2/c1-6(8)10-5-7-3-2-4-9-7;1-3-4(2)5(6)7/h7H,2-5H2,1H3;3H,1-2H3,(H,6,7)/b;4-3+. The van der Waals surface area contributed by atoms with Crippen LogP contribution in [0.2, 0.25) is 0 Å². The number of allylic oxidation sites excluding steroid dienone is 1. The smallest absolute Gasteiger partial charge is 0.330 e. The normalized spacial score (nSPS) is 19.2. The number of esters is 1. The highest BCUT2D eigenvalue weighted by Gasteiger charge is 2.15. The Morgan fingerprint density at radius 2 is 2.12 bits per heavy atom. The van der Waals surface area contributed by atoms with Gasteiger partial charge in [0.05, 0.1) is 6.10 Å². The summed E-state index contributed by atoms with van der Waals surface area (Å²) in [5.41, 5.74) is 0.389. The number of carboxylic acids is 1. The molecule has 0 aliphatic carbocycles. The SMILES string of the molecule is C/C=C(\C)C(=O)O.CC(=O)OCC1CCCO1. The van der Waals surface area contributed by atoms with Crippen LogP contribution >= 0.6 is 0 Å². The van der Waals surface area contributed by atoms with Crippen LogP contribution in [0.4, 0.5) is 0 Å². The molecule has 1 aliphatic heterocycles. The van der Waals surface area contributed by atoms with Crippen molar-refractivity contribution in [3.63, 3.8) is 0 Å². The predicted octanol–water partition coefficient (Wildman–Crippen LogP) is 1.77. The van der Waals surface area contributed by atoms with Crippen molar-refractivity contribution in [2.75, 3.05) is 13.2 Å². The van der Waals surface area contributed by atoms with Crippen LogP contribution in [0.3, 0.4) is 0 Å². The fourth-order valence-electron chi connectivity index (χ4n) is 1.11. The van der Waals surface area contributed by atoms with Gasteiger partial charge in [0.2, 0.25) is 0 Å². The number of hydrogen-bond donors (Lipinski definition) is 1. The molecule has 1 rings (SSSR count). The molecule has 1 atom stereocenters. The van der Waals surface area contributed by atoms with Gasteiger partial charge < -0.3 is 14.6 Å². The van der Waals surface area contributed by atoms with Crippen molar-refractivity contribution >= 4 is 11.9 Å². The predicted molar refractivity (Wildman–Crippen MR) is 62.7 cm³/mol. The molecule has 1 unspecified atom stereocenters. The van der Waals surface area contributed by atoms with Gasteiger partial charge in [0.1, 0.15) is 6.61 Å². The van der Waals surface area contributed by atoms with E-state index in [4.69, 9.17) is 14.6 Å². The monoisotopic (exact) mass is 244 g/mol.